The lowest BCUT2D eigenvalue weighted by atomic mass is 9.93. The number of hydrogen-bond acceptors (Lipinski definition) is 6. The van der Waals surface area contributed by atoms with Crippen molar-refractivity contribution < 1.29 is 0 Å². The molecule has 0 radical (unpaired) electrons. The van der Waals surface area contributed by atoms with Crippen molar-refractivity contribution in [3.63, 3.8) is 0 Å². The van der Waals surface area contributed by atoms with Crippen LogP contribution in [0.15, 0.2) is 67.1 Å². The largest absolute Gasteiger partial charge is 0.363 e. The molecule has 5 rings (SSSR count). The first kappa shape index (κ1) is 20.5. The number of likely N-dealkylation sites (tertiary alicyclic amines) is 1. The molecule has 6 nitrogen and oxygen atoms in total. The first-order chi connectivity index (χ1) is 15.7. The summed E-state index contributed by atoms with van der Waals surface area (Å²) in [6.45, 7) is 3.04. The summed E-state index contributed by atoms with van der Waals surface area (Å²) in [7, 11) is 4.06. The Kier molecular flexibility index (Phi) is 5.77. The number of nitrogens with zero attached hydrogens (tertiary/aromatic N) is 6. The number of piperidine rings is 1. The predicted molar refractivity (Wildman–Crippen MR) is 129 cm³/mol. The summed E-state index contributed by atoms with van der Waals surface area (Å²) in [5.74, 6) is 2.10. The smallest absolute Gasteiger partial charge is 0.161 e. The Morgan fingerprint density at radius 3 is 2.72 bits per heavy atom. The van der Waals surface area contributed by atoms with Crippen molar-refractivity contribution in [2.75, 3.05) is 32.1 Å². The van der Waals surface area contributed by atoms with Gasteiger partial charge in [-0.25, -0.2) is 9.97 Å². The number of anilines is 1. The first-order valence-electron chi connectivity index (χ1n) is 11.2. The summed E-state index contributed by atoms with van der Waals surface area (Å²) >= 11 is 0. The highest BCUT2D eigenvalue weighted by Gasteiger charge is 2.24. The quantitative estimate of drug-likeness (QED) is 0.469. The standard InChI is InChI=1S/C26H28N6/c1-31(2)25-16-24(29-26(30-25)19-10-13-27-14-11-19)21-7-5-15-32(18-21)17-20-6-3-9-23-22(20)8-4-12-28-23/h3-4,6,8-14,16,21H,5,7,15,17-18H2,1-2H3. The molecule has 4 aromatic rings. The lowest BCUT2D eigenvalue weighted by molar-refractivity contribution is 0.199. The molecule has 0 bridgehead atoms. The maximum absolute atomic E-state index is 5.00. The van der Waals surface area contributed by atoms with Crippen LogP contribution >= 0.6 is 0 Å². The molecule has 0 aliphatic carbocycles. The van der Waals surface area contributed by atoms with Gasteiger partial charge in [-0.3, -0.25) is 14.9 Å². The Bertz CT molecular complexity index is 1200. The summed E-state index contributed by atoms with van der Waals surface area (Å²) in [5, 5.41) is 1.24. The van der Waals surface area contributed by atoms with E-state index in [1.165, 1.54) is 17.4 Å². The molecule has 1 unspecified atom stereocenters. The third-order valence-corrected chi connectivity index (χ3v) is 6.18. The molecule has 3 aromatic heterocycles. The van der Waals surface area contributed by atoms with Crippen molar-refractivity contribution in [3.8, 4) is 11.4 Å². The highest BCUT2D eigenvalue weighted by Crippen LogP contribution is 2.30. The summed E-state index contributed by atoms with van der Waals surface area (Å²) < 4.78 is 0. The van der Waals surface area contributed by atoms with E-state index in [9.17, 15) is 0 Å². The van der Waals surface area contributed by atoms with Crippen molar-refractivity contribution in [1.82, 2.24) is 24.8 Å². The SMILES string of the molecule is CN(C)c1cc(C2CCCN(Cc3cccc4ncccc34)C2)nc(-c2ccncc2)n1. The minimum Gasteiger partial charge on any atom is -0.363 e. The maximum Gasteiger partial charge on any atom is 0.161 e. The molecule has 6 heteroatoms. The number of aromatic nitrogens is 4. The van der Waals surface area contributed by atoms with Crippen LogP contribution in [0.25, 0.3) is 22.3 Å². The Morgan fingerprint density at radius 2 is 1.88 bits per heavy atom. The van der Waals surface area contributed by atoms with Crippen LogP contribution in [-0.4, -0.2) is 52.0 Å². The van der Waals surface area contributed by atoms with Crippen molar-refractivity contribution >= 4 is 16.7 Å². The van der Waals surface area contributed by atoms with Gasteiger partial charge in [0.1, 0.15) is 5.82 Å². The van der Waals surface area contributed by atoms with E-state index in [-0.39, 0.29) is 0 Å². The molecule has 0 N–H and O–H groups in total. The van der Waals surface area contributed by atoms with Gasteiger partial charge in [0, 0.05) is 68.7 Å². The normalized spacial score (nSPS) is 16.9. The molecule has 1 fully saturated rings. The van der Waals surface area contributed by atoms with E-state index >= 15 is 0 Å². The molecule has 0 amide bonds. The van der Waals surface area contributed by atoms with Gasteiger partial charge in [0.05, 0.1) is 11.2 Å². The van der Waals surface area contributed by atoms with Gasteiger partial charge in [-0.05, 0) is 49.2 Å². The third kappa shape index (κ3) is 4.32. The van der Waals surface area contributed by atoms with E-state index in [1.54, 1.807) is 12.4 Å². The zero-order valence-corrected chi connectivity index (χ0v) is 18.6. The topological polar surface area (TPSA) is 58.0 Å². The van der Waals surface area contributed by atoms with Gasteiger partial charge in [-0.15, -0.1) is 0 Å². The number of rotatable bonds is 5. The van der Waals surface area contributed by atoms with Crippen molar-refractivity contribution in [1.29, 1.82) is 0 Å². The van der Waals surface area contributed by atoms with Gasteiger partial charge in [0.2, 0.25) is 0 Å². The summed E-state index contributed by atoms with van der Waals surface area (Å²) in [6.07, 6.45) is 7.76. The van der Waals surface area contributed by atoms with Crippen LogP contribution in [0.5, 0.6) is 0 Å². The molecule has 1 aliphatic heterocycles. The molecule has 1 aliphatic rings. The molecular formula is C26H28N6. The zero-order valence-electron chi connectivity index (χ0n) is 18.6. The summed E-state index contributed by atoms with van der Waals surface area (Å²) in [6, 6.07) is 16.7. The molecule has 1 atom stereocenters. The molecule has 1 saturated heterocycles. The second kappa shape index (κ2) is 9.01. The molecule has 32 heavy (non-hydrogen) atoms. The van der Waals surface area contributed by atoms with E-state index < -0.39 is 0 Å². The van der Waals surface area contributed by atoms with E-state index in [0.717, 1.165) is 54.5 Å². The minimum absolute atomic E-state index is 0.388. The summed E-state index contributed by atoms with van der Waals surface area (Å²) in [4.78, 5) is 23.0. The van der Waals surface area contributed by atoms with Crippen LogP contribution in [-0.2, 0) is 6.54 Å². The van der Waals surface area contributed by atoms with Crippen LogP contribution in [0.4, 0.5) is 5.82 Å². The molecular weight excluding hydrogens is 396 g/mol. The van der Waals surface area contributed by atoms with Crippen LogP contribution in [0, 0.1) is 0 Å². The average molecular weight is 425 g/mol. The number of fused-ring (bicyclic) bond motifs is 1. The Hall–Kier alpha value is -3.38. The molecule has 1 aromatic carbocycles. The molecule has 0 spiro atoms. The van der Waals surface area contributed by atoms with E-state index in [2.05, 4.69) is 50.1 Å². The Labute approximate surface area is 189 Å². The Balaban J connectivity index is 1.42. The van der Waals surface area contributed by atoms with Gasteiger partial charge in [0.25, 0.3) is 0 Å². The lowest BCUT2D eigenvalue weighted by Crippen LogP contribution is -2.34. The van der Waals surface area contributed by atoms with E-state index in [4.69, 9.17) is 9.97 Å². The van der Waals surface area contributed by atoms with Crippen LogP contribution in [0.3, 0.4) is 0 Å². The highest BCUT2D eigenvalue weighted by molar-refractivity contribution is 5.81. The number of pyridine rings is 2. The predicted octanol–water partition coefficient (Wildman–Crippen LogP) is 4.53. The lowest BCUT2D eigenvalue weighted by Gasteiger charge is -2.33. The second-order valence-corrected chi connectivity index (χ2v) is 8.67. The summed E-state index contributed by atoms with van der Waals surface area (Å²) in [5.41, 5.74) is 4.53. The van der Waals surface area contributed by atoms with Gasteiger partial charge in [0.15, 0.2) is 5.82 Å². The third-order valence-electron chi connectivity index (χ3n) is 6.18. The first-order valence-corrected chi connectivity index (χ1v) is 11.2. The van der Waals surface area contributed by atoms with Gasteiger partial charge >= 0.3 is 0 Å². The fourth-order valence-electron chi connectivity index (χ4n) is 4.51. The second-order valence-electron chi connectivity index (χ2n) is 8.67. The van der Waals surface area contributed by atoms with Gasteiger partial charge in [-0.2, -0.15) is 0 Å². The van der Waals surface area contributed by atoms with Crippen molar-refractivity contribution in [3.05, 3.63) is 78.4 Å². The fraction of sp³-hybridized carbons (Fsp3) is 0.308. The van der Waals surface area contributed by atoms with E-state index in [1.807, 2.05) is 38.5 Å². The molecule has 4 heterocycles. The number of benzene rings is 1. The minimum atomic E-state index is 0.388. The maximum atomic E-state index is 5.00. The van der Waals surface area contributed by atoms with Gasteiger partial charge in [-0.1, -0.05) is 18.2 Å². The van der Waals surface area contributed by atoms with Crippen LogP contribution in [0.2, 0.25) is 0 Å². The van der Waals surface area contributed by atoms with E-state index in [0.29, 0.717) is 5.92 Å². The Morgan fingerprint density at radius 1 is 1.00 bits per heavy atom. The average Bonchev–Trinajstić information content (AvgIpc) is 2.85. The molecule has 0 saturated carbocycles. The van der Waals surface area contributed by atoms with Crippen LogP contribution < -0.4 is 4.90 Å². The fourth-order valence-corrected chi connectivity index (χ4v) is 4.51. The van der Waals surface area contributed by atoms with Gasteiger partial charge < -0.3 is 4.90 Å². The van der Waals surface area contributed by atoms with Crippen molar-refractivity contribution in [2.45, 2.75) is 25.3 Å². The van der Waals surface area contributed by atoms with Crippen LogP contribution in [0.1, 0.15) is 30.0 Å². The molecule has 162 valence electrons. The number of hydrogen-bond donors (Lipinski definition) is 0. The zero-order chi connectivity index (χ0) is 21.9. The van der Waals surface area contributed by atoms with Crippen molar-refractivity contribution in [2.24, 2.45) is 0 Å². The monoisotopic (exact) mass is 424 g/mol. The highest BCUT2D eigenvalue weighted by atomic mass is 15.2.